The zero-order valence-electron chi connectivity index (χ0n) is 17.1. The molecule has 0 bridgehead atoms. The van der Waals surface area contributed by atoms with E-state index in [9.17, 15) is 19.2 Å². The van der Waals surface area contributed by atoms with Crippen molar-refractivity contribution in [2.75, 3.05) is 10.2 Å². The number of nitrogens with two attached hydrogens (primary N) is 1. The molecular formula is C23H22N4O4. The number of carbonyl (C=O) groups excluding carboxylic acids is 4. The molecule has 2 saturated heterocycles. The summed E-state index contributed by atoms with van der Waals surface area (Å²) in [7, 11) is 0. The van der Waals surface area contributed by atoms with Crippen LogP contribution >= 0.6 is 0 Å². The summed E-state index contributed by atoms with van der Waals surface area (Å²) in [5.74, 6) is -3.73. The number of anilines is 2. The summed E-state index contributed by atoms with van der Waals surface area (Å²) >= 11 is 0. The number of amides is 4. The minimum atomic E-state index is -1.43. The fourth-order valence-electron chi connectivity index (χ4n) is 5.53. The highest BCUT2D eigenvalue weighted by Crippen LogP contribution is 2.54. The van der Waals surface area contributed by atoms with Gasteiger partial charge in [-0.1, -0.05) is 36.4 Å². The number of para-hydroxylation sites is 2. The zero-order valence-corrected chi connectivity index (χ0v) is 17.1. The standard InChI is InChI=1S/C23H22N4O4/c1-11-6-5-7-12(2)19(11)27-20(29)17-15(10-16(24)28)26-23(18(17)21(27)30)13-8-3-4-9-14(13)25-22(23)31/h3-9,15,17-18,26H,10H2,1-2H3,(H2,24,28)(H,25,31)/t15-,17+,18-,23-/m0/s1. The highest BCUT2D eigenvalue weighted by Gasteiger charge is 2.70. The lowest BCUT2D eigenvalue weighted by Gasteiger charge is -2.30. The Balaban J connectivity index is 1.71. The fourth-order valence-corrected chi connectivity index (χ4v) is 5.53. The highest BCUT2D eigenvalue weighted by atomic mass is 16.2. The first kappa shape index (κ1) is 19.4. The number of hydrogen-bond donors (Lipinski definition) is 3. The van der Waals surface area contributed by atoms with Crippen molar-refractivity contribution in [3.8, 4) is 0 Å². The average molecular weight is 418 g/mol. The number of rotatable bonds is 3. The molecule has 2 fully saturated rings. The average Bonchev–Trinajstić information content (AvgIpc) is 3.28. The second-order valence-corrected chi connectivity index (χ2v) is 8.48. The number of nitrogens with zero attached hydrogens (tertiary/aromatic N) is 1. The van der Waals surface area contributed by atoms with Gasteiger partial charge in [0.25, 0.3) is 0 Å². The molecule has 0 aromatic heterocycles. The predicted octanol–water partition coefficient (Wildman–Crippen LogP) is 1.10. The molecule has 31 heavy (non-hydrogen) atoms. The molecule has 8 heteroatoms. The molecule has 0 radical (unpaired) electrons. The number of benzene rings is 2. The lowest BCUT2D eigenvalue weighted by atomic mass is 9.76. The molecule has 3 heterocycles. The van der Waals surface area contributed by atoms with Crippen LogP contribution in [-0.4, -0.2) is 29.7 Å². The van der Waals surface area contributed by atoms with E-state index in [2.05, 4.69) is 10.6 Å². The van der Waals surface area contributed by atoms with Gasteiger partial charge in [-0.3, -0.25) is 24.5 Å². The summed E-state index contributed by atoms with van der Waals surface area (Å²) in [4.78, 5) is 53.7. The molecule has 4 N–H and O–H groups in total. The lowest BCUT2D eigenvalue weighted by Crippen LogP contribution is -2.53. The molecule has 3 aliphatic rings. The highest BCUT2D eigenvalue weighted by molar-refractivity contribution is 6.26. The Morgan fingerprint density at radius 3 is 2.39 bits per heavy atom. The van der Waals surface area contributed by atoms with E-state index in [1.165, 1.54) is 4.90 Å². The monoisotopic (exact) mass is 418 g/mol. The summed E-state index contributed by atoms with van der Waals surface area (Å²) in [6.45, 7) is 3.67. The van der Waals surface area contributed by atoms with Crippen LogP contribution < -0.4 is 21.3 Å². The molecule has 158 valence electrons. The number of nitrogens with one attached hydrogen (secondary N) is 2. The molecule has 8 nitrogen and oxygen atoms in total. The van der Waals surface area contributed by atoms with Crippen LogP contribution in [0.25, 0.3) is 0 Å². The van der Waals surface area contributed by atoms with Crippen LogP contribution in [0.3, 0.4) is 0 Å². The third-order valence-electron chi connectivity index (χ3n) is 6.71. The summed E-state index contributed by atoms with van der Waals surface area (Å²) in [5.41, 5.74) is 7.32. The molecule has 5 rings (SSSR count). The Bertz CT molecular complexity index is 1160. The summed E-state index contributed by atoms with van der Waals surface area (Å²) < 4.78 is 0. The molecular weight excluding hydrogens is 396 g/mol. The van der Waals surface area contributed by atoms with E-state index < -0.39 is 47.0 Å². The summed E-state index contributed by atoms with van der Waals surface area (Å²) in [6.07, 6.45) is -0.155. The van der Waals surface area contributed by atoms with E-state index >= 15 is 0 Å². The van der Waals surface area contributed by atoms with E-state index in [1.807, 2.05) is 32.0 Å². The molecule has 4 atom stereocenters. The second kappa shape index (κ2) is 6.49. The first-order valence-corrected chi connectivity index (χ1v) is 10.2. The van der Waals surface area contributed by atoms with Crippen LogP contribution in [0, 0.1) is 25.7 Å². The molecule has 2 aromatic carbocycles. The van der Waals surface area contributed by atoms with Crippen LogP contribution in [0.1, 0.15) is 23.1 Å². The molecule has 4 amide bonds. The SMILES string of the molecule is Cc1cccc(C)c1N1C(=O)[C@@H]2[C@H](CC(N)=O)N[C@]3(C(=O)Nc4ccccc43)[C@@H]2C1=O. The van der Waals surface area contributed by atoms with Crippen LogP contribution in [0.2, 0.25) is 0 Å². The fraction of sp³-hybridized carbons (Fsp3) is 0.304. The maximum Gasteiger partial charge on any atom is 0.250 e. The molecule has 0 unspecified atom stereocenters. The molecule has 1 spiro atoms. The number of hydrogen-bond acceptors (Lipinski definition) is 5. The number of aryl methyl sites for hydroxylation is 2. The predicted molar refractivity (Wildman–Crippen MR) is 113 cm³/mol. The minimum Gasteiger partial charge on any atom is -0.370 e. The smallest absolute Gasteiger partial charge is 0.250 e. The Morgan fingerprint density at radius 1 is 1.03 bits per heavy atom. The molecule has 0 saturated carbocycles. The number of imide groups is 1. The largest absolute Gasteiger partial charge is 0.370 e. The topological polar surface area (TPSA) is 122 Å². The molecule has 2 aromatic rings. The van der Waals surface area contributed by atoms with E-state index in [4.69, 9.17) is 5.73 Å². The van der Waals surface area contributed by atoms with Crippen LogP contribution in [0.5, 0.6) is 0 Å². The van der Waals surface area contributed by atoms with Crippen molar-refractivity contribution in [1.82, 2.24) is 5.32 Å². The van der Waals surface area contributed by atoms with Gasteiger partial charge in [0.05, 0.1) is 17.5 Å². The van der Waals surface area contributed by atoms with Crippen LogP contribution in [0.4, 0.5) is 11.4 Å². The van der Waals surface area contributed by atoms with Crippen LogP contribution in [0.15, 0.2) is 42.5 Å². The van der Waals surface area contributed by atoms with Gasteiger partial charge in [0, 0.05) is 23.7 Å². The zero-order chi connectivity index (χ0) is 22.1. The number of primary amides is 1. The normalized spacial score (nSPS) is 28.8. The van der Waals surface area contributed by atoms with Gasteiger partial charge in [-0.2, -0.15) is 0 Å². The van der Waals surface area contributed by atoms with Crippen LogP contribution in [-0.2, 0) is 24.7 Å². The van der Waals surface area contributed by atoms with Gasteiger partial charge in [0.1, 0.15) is 5.54 Å². The third-order valence-corrected chi connectivity index (χ3v) is 6.71. The lowest BCUT2D eigenvalue weighted by molar-refractivity contribution is -0.130. The Hall–Kier alpha value is -3.52. The molecule has 0 aliphatic carbocycles. The Labute approximate surface area is 178 Å². The molecule has 3 aliphatic heterocycles. The van der Waals surface area contributed by atoms with Gasteiger partial charge in [-0.05, 0) is 31.0 Å². The van der Waals surface area contributed by atoms with Gasteiger partial charge < -0.3 is 11.1 Å². The first-order valence-electron chi connectivity index (χ1n) is 10.2. The van der Waals surface area contributed by atoms with Crippen molar-refractivity contribution in [2.45, 2.75) is 31.8 Å². The minimum absolute atomic E-state index is 0.155. The van der Waals surface area contributed by atoms with Crippen molar-refractivity contribution in [2.24, 2.45) is 17.6 Å². The van der Waals surface area contributed by atoms with E-state index in [-0.39, 0.29) is 6.42 Å². The van der Waals surface area contributed by atoms with Gasteiger partial charge in [-0.25, -0.2) is 4.90 Å². The van der Waals surface area contributed by atoms with E-state index in [0.717, 1.165) is 11.1 Å². The first-order chi connectivity index (χ1) is 14.8. The van der Waals surface area contributed by atoms with Gasteiger partial charge >= 0.3 is 0 Å². The Kier molecular flexibility index (Phi) is 4.07. The van der Waals surface area contributed by atoms with Gasteiger partial charge in [0.2, 0.25) is 23.6 Å². The number of fused-ring (bicyclic) bond motifs is 4. The summed E-state index contributed by atoms with van der Waals surface area (Å²) in [6, 6.07) is 11.9. The third kappa shape index (κ3) is 2.45. The van der Waals surface area contributed by atoms with Crippen molar-refractivity contribution >= 4 is 35.0 Å². The number of carbonyl (C=O) groups is 4. The van der Waals surface area contributed by atoms with E-state index in [1.54, 1.807) is 24.3 Å². The van der Waals surface area contributed by atoms with E-state index in [0.29, 0.717) is 16.9 Å². The second-order valence-electron chi connectivity index (χ2n) is 8.48. The van der Waals surface area contributed by atoms with Crippen molar-refractivity contribution in [1.29, 1.82) is 0 Å². The Morgan fingerprint density at radius 2 is 1.71 bits per heavy atom. The summed E-state index contributed by atoms with van der Waals surface area (Å²) in [5, 5.41) is 6.02. The van der Waals surface area contributed by atoms with Gasteiger partial charge in [-0.15, -0.1) is 0 Å². The maximum absolute atomic E-state index is 13.8. The van der Waals surface area contributed by atoms with Gasteiger partial charge in [0.15, 0.2) is 0 Å². The van der Waals surface area contributed by atoms with Crippen molar-refractivity contribution in [3.63, 3.8) is 0 Å². The maximum atomic E-state index is 13.8. The quantitative estimate of drug-likeness (QED) is 0.645. The van der Waals surface area contributed by atoms with Crippen molar-refractivity contribution in [3.05, 3.63) is 59.2 Å². The van der Waals surface area contributed by atoms with Crippen molar-refractivity contribution < 1.29 is 19.2 Å².